The van der Waals surface area contributed by atoms with Gasteiger partial charge in [-0.15, -0.1) is 0 Å². The van der Waals surface area contributed by atoms with Gasteiger partial charge >= 0.3 is 0 Å². The fraction of sp³-hybridized carbons (Fsp3) is 0.636. The van der Waals surface area contributed by atoms with Crippen LogP contribution >= 0.6 is 0 Å². The molecule has 3 N–H and O–H groups in total. The molecular formula is C11H18N4O2. The fourth-order valence-corrected chi connectivity index (χ4v) is 1.84. The van der Waals surface area contributed by atoms with Crippen molar-refractivity contribution in [1.29, 1.82) is 0 Å². The van der Waals surface area contributed by atoms with Gasteiger partial charge in [-0.3, -0.25) is 9.89 Å². The van der Waals surface area contributed by atoms with E-state index >= 15 is 0 Å². The Hall–Kier alpha value is -1.40. The molecule has 1 aliphatic rings. The van der Waals surface area contributed by atoms with E-state index in [9.17, 15) is 4.79 Å². The van der Waals surface area contributed by atoms with Crippen LogP contribution in [0.4, 0.5) is 5.82 Å². The highest BCUT2D eigenvalue weighted by molar-refractivity contribution is 5.90. The van der Waals surface area contributed by atoms with Crippen LogP contribution in [0.3, 0.4) is 0 Å². The second-order valence-electron chi connectivity index (χ2n) is 4.07. The van der Waals surface area contributed by atoms with Crippen molar-refractivity contribution in [3.05, 3.63) is 11.8 Å². The van der Waals surface area contributed by atoms with E-state index in [1.807, 2.05) is 6.92 Å². The second kappa shape index (κ2) is 5.79. The van der Waals surface area contributed by atoms with E-state index < -0.39 is 0 Å². The number of H-pyrrole nitrogens is 1. The van der Waals surface area contributed by atoms with E-state index in [2.05, 4.69) is 20.8 Å². The van der Waals surface area contributed by atoms with E-state index in [1.54, 1.807) is 6.20 Å². The number of rotatable bonds is 4. The molecule has 0 aromatic carbocycles. The lowest BCUT2D eigenvalue weighted by Crippen LogP contribution is -2.40. The monoisotopic (exact) mass is 238 g/mol. The van der Waals surface area contributed by atoms with Gasteiger partial charge in [-0.25, -0.2) is 0 Å². The molecule has 6 nitrogen and oxygen atoms in total. The van der Waals surface area contributed by atoms with E-state index in [4.69, 9.17) is 4.74 Å². The van der Waals surface area contributed by atoms with Crippen LogP contribution in [0, 0.1) is 0 Å². The molecule has 1 aromatic heterocycles. The quantitative estimate of drug-likeness (QED) is 0.704. The number of ether oxygens (including phenoxy) is 1. The molecule has 1 fully saturated rings. The number of amides is 1. The summed E-state index contributed by atoms with van der Waals surface area (Å²) in [6.07, 6.45) is 2.91. The Kier molecular flexibility index (Phi) is 4.11. The van der Waals surface area contributed by atoms with Crippen LogP contribution in [0.1, 0.15) is 18.9 Å². The maximum Gasteiger partial charge on any atom is 0.228 e. The van der Waals surface area contributed by atoms with Crippen molar-refractivity contribution in [3.8, 4) is 0 Å². The van der Waals surface area contributed by atoms with Crippen LogP contribution in [0.2, 0.25) is 0 Å². The van der Waals surface area contributed by atoms with Gasteiger partial charge in [0.05, 0.1) is 25.3 Å². The summed E-state index contributed by atoms with van der Waals surface area (Å²) in [5.41, 5.74) is 1.01. The molecule has 0 radical (unpaired) electrons. The molecule has 1 aliphatic heterocycles. The van der Waals surface area contributed by atoms with Crippen molar-refractivity contribution in [2.24, 2.45) is 0 Å². The van der Waals surface area contributed by atoms with Gasteiger partial charge in [0, 0.05) is 18.7 Å². The Balaban J connectivity index is 1.84. The minimum atomic E-state index is -0.0438. The Morgan fingerprint density at radius 3 is 3.29 bits per heavy atom. The summed E-state index contributed by atoms with van der Waals surface area (Å²) < 4.78 is 5.48. The van der Waals surface area contributed by atoms with Crippen molar-refractivity contribution >= 4 is 11.7 Å². The Morgan fingerprint density at radius 1 is 1.71 bits per heavy atom. The number of aromatic nitrogens is 2. The Labute approximate surface area is 100 Å². The standard InChI is InChI=1S/C11H18N4O2/c1-2-8-6-13-15-11(8)14-10(16)5-9-7-12-3-4-17-9/h6,9,12H,2-5,7H2,1H3,(H2,13,14,15,16). The second-order valence-corrected chi connectivity index (χ2v) is 4.07. The first-order chi connectivity index (χ1) is 8.29. The van der Waals surface area contributed by atoms with Gasteiger partial charge in [0.15, 0.2) is 0 Å². The molecule has 2 rings (SSSR count). The van der Waals surface area contributed by atoms with Gasteiger partial charge in [-0.2, -0.15) is 5.10 Å². The predicted molar refractivity (Wildman–Crippen MR) is 63.8 cm³/mol. The normalized spacial score (nSPS) is 20.2. The highest BCUT2D eigenvalue weighted by Gasteiger charge is 2.18. The summed E-state index contributed by atoms with van der Waals surface area (Å²) >= 11 is 0. The molecule has 17 heavy (non-hydrogen) atoms. The number of morpholine rings is 1. The zero-order valence-electron chi connectivity index (χ0n) is 9.95. The van der Waals surface area contributed by atoms with E-state index in [0.717, 1.165) is 25.1 Å². The predicted octanol–water partition coefficient (Wildman–Crippen LogP) is 0.289. The largest absolute Gasteiger partial charge is 0.375 e. The fourth-order valence-electron chi connectivity index (χ4n) is 1.84. The summed E-state index contributed by atoms with van der Waals surface area (Å²) in [5, 5.41) is 12.7. The average Bonchev–Trinajstić information content (AvgIpc) is 2.77. The van der Waals surface area contributed by atoms with Gasteiger partial charge in [-0.05, 0) is 6.42 Å². The maximum absolute atomic E-state index is 11.8. The topological polar surface area (TPSA) is 79.0 Å². The molecule has 0 bridgehead atoms. The summed E-state index contributed by atoms with van der Waals surface area (Å²) in [7, 11) is 0. The Morgan fingerprint density at radius 2 is 2.59 bits per heavy atom. The van der Waals surface area contributed by atoms with Gasteiger partial charge in [-0.1, -0.05) is 6.92 Å². The molecule has 94 valence electrons. The molecule has 1 aromatic rings. The van der Waals surface area contributed by atoms with Crippen molar-refractivity contribution in [1.82, 2.24) is 15.5 Å². The summed E-state index contributed by atoms with van der Waals surface area (Å²) in [4.78, 5) is 11.8. The van der Waals surface area contributed by atoms with Crippen molar-refractivity contribution in [2.75, 3.05) is 25.0 Å². The van der Waals surface area contributed by atoms with Crippen molar-refractivity contribution in [2.45, 2.75) is 25.9 Å². The minimum Gasteiger partial charge on any atom is -0.375 e. The lowest BCUT2D eigenvalue weighted by molar-refractivity contribution is -0.119. The van der Waals surface area contributed by atoms with E-state index in [1.165, 1.54) is 0 Å². The number of carbonyl (C=O) groups is 1. The number of aryl methyl sites for hydroxylation is 1. The van der Waals surface area contributed by atoms with Gasteiger partial charge in [0.25, 0.3) is 0 Å². The first-order valence-corrected chi connectivity index (χ1v) is 5.94. The summed E-state index contributed by atoms with van der Waals surface area (Å²) in [6, 6.07) is 0. The third kappa shape index (κ3) is 3.28. The molecule has 0 spiro atoms. The zero-order chi connectivity index (χ0) is 12.1. The third-order valence-corrected chi connectivity index (χ3v) is 2.78. The Bertz CT molecular complexity index is 371. The highest BCUT2D eigenvalue weighted by atomic mass is 16.5. The molecule has 1 saturated heterocycles. The van der Waals surface area contributed by atoms with Gasteiger partial charge < -0.3 is 15.4 Å². The maximum atomic E-state index is 11.8. The molecule has 6 heteroatoms. The van der Waals surface area contributed by atoms with Crippen LogP contribution in [0.15, 0.2) is 6.20 Å². The van der Waals surface area contributed by atoms with Crippen molar-refractivity contribution < 1.29 is 9.53 Å². The number of nitrogens with zero attached hydrogens (tertiary/aromatic N) is 1. The first kappa shape index (κ1) is 12.1. The number of nitrogens with one attached hydrogen (secondary N) is 3. The minimum absolute atomic E-state index is 0.0308. The number of hydrogen-bond acceptors (Lipinski definition) is 4. The number of anilines is 1. The van der Waals surface area contributed by atoms with Crippen molar-refractivity contribution in [3.63, 3.8) is 0 Å². The number of hydrogen-bond donors (Lipinski definition) is 3. The number of carbonyl (C=O) groups excluding carboxylic acids is 1. The van der Waals surface area contributed by atoms with Crippen LogP contribution in [-0.4, -0.2) is 41.9 Å². The molecule has 0 saturated carbocycles. The highest BCUT2D eigenvalue weighted by Crippen LogP contribution is 2.12. The average molecular weight is 238 g/mol. The van der Waals surface area contributed by atoms with E-state index in [-0.39, 0.29) is 12.0 Å². The lowest BCUT2D eigenvalue weighted by atomic mass is 10.2. The van der Waals surface area contributed by atoms with Crippen LogP contribution < -0.4 is 10.6 Å². The molecular weight excluding hydrogens is 220 g/mol. The van der Waals surface area contributed by atoms with Crippen LogP contribution in [0.5, 0.6) is 0 Å². The van der Waals surface area contributed by atoms with Gasteiger partial charge in [0.1, 0.15) is 5.82 Å². The third-order valence-electron chi connectivity index (χ3n) is 2.78. The molecule has 2 heterocycles. The SMILES string of the molecule is CCc1cn[nH]c1NC(=O)CC1CNCCO1. The number of aromatic amines is 1. The molecule has 0 aliphatic carbocycles. The summed E-state index contributed by atoms with van der Waals surface area (Å²) in [6.45, 7) is 4.28. The molecule has 1 amide bonds. The van der Waals surface area contributed by atoms with Crippen LogP contribution in [0.25, 0.3) is 0 Å². The van der Waals surface area contributed by atoms with Gasteiger partial charge in [0.2, 0.25) is 5.91 Å². The summed E-state index contributed by atoms with van der Waals surface area (Å²) in [5.74, 6) is 0.652. The molecule has 1 unspecified atom stereocenters. The first-order valence-electron chi connectivity index (χ1n) is 5.94. The molecule has 1 atom stereocenters. The lowest BCUT2D eigenvalue weighted by Gasteiger charge is -2.22. The smallest absolute Gasteiger partial charge is 0.228 e. The van der Waals surface area contributed by atoms with Crippen LogP contribution in [-0.2, 0) is 16.0 Å². The zero-order valence-corrected chi connectivity index (χ0v) is 9.95. The van der Waals surface area contributed by atoms with E-state index in [0.29, 0.717) is 18.8 Å².